The summed E-state index contributed by atoms with van der Waals surface area (Å²) >= 11 is 8.64. The van der Waals surface area contributed by atoms with Crippen molar-refractivity contribution in [1.29, 1.82) is 0 Å². The smallest absolute Gasteiger partial charge is 0.271 e. The number of carbonyl (C=O) groups excluding carboxylic acids is 1. The minimum atomic E-state index is -3.57. The number of hydrogen-bond donors (Lipinski definition) is 2. The molecule has 2 aromatic carbocycles. The van der Waals surface area contributed by atoms with E-state index in [0.717, 1.165) is 21.8 Å². The fourth-order valence-corrected chi connectivity index (χ4v) is 5.55. The molecule has 0 saturated carbocycles. The lowest BCUT2D eigenvalue weighted by molar-refractivity contribution is -0.115. The van der Waals surface area contributed by atoms with Gasteiger partial charge in [0.15, 0.2) is 0 Å². The van der Waals surface area contributed by atoms with Gasteiger partial charge in [0.1, 0.15) is 4.21 Å². The molecule has 0 bridgehead atoms. The average molecular weight is 467 g/mol. The monoisotopic (exact) mass is 466 g/mol. The van der Waals surface area contributed by atoms with Crippen LogP contribution in [0.1, 0.15) is 12.5 Å². The zero-order valence-corrected chi connectivity index (χ0v) is 18.9. The van der Waals surface area contributed by atoms with E-state index in [0.29, 0.717) is 16.4 Å². The van der Waals surface area contributed by atoms with Crippen molar-refractivity contribution in [1.82, 2.24) is 0 Å². The highest BCUT2D eigenvalue weighted by atomic mass is 35.5. The van der Waals surface area contributed by atoms with Crippen LogP contribution in [0.3, 0.4) is 0 Å². The SMILES string of the molecule is Cc1c(Cl)cccc1NC(=O)C(C)Sc1ccc(NS(=O)(=O)c2cccs2)cc1. The summed E-state index contributed by atoms with van der Waals surface area (Å²) in [4.78, 5) is 13.4. The van der Waals surface area contributed by atoms with Gasteiger partial charge in [-0.15, -0.1) is 23.1 Å². The van der Waals surface area contributed by atoms with Crippen molar-refractivity contribution in [3.63, 3.8) is 0 Å². The van der Waals surface area contributed by atoms with E-state index in [9.17, 15) is 13.2 Å². The highest BCUT2D eigenvalue weighted by Crippen LogP contribution is 2.28. The van der Waals surface area contributed by atoms with Crippen LogP contribution >= 0.6 is 34.7 Å². The summed E-state index contributed by atoms with van der Waals surface area (Å²) in [5.74, 6) is -0.136. The predicted octanol–water partition coefficient (Wildman–Crippen LogP) is 5.63. The zero-order valence-electron chi connectivity index (χ0n) is 15.7. The van der Waals surface area contributed by atoms with Gasteiger partial charge in [-0.1, -0.05) is 23.7 Å². The van der Waals surface area contributed by atoms with E-state index in [1.54, 1.807) is 53.9 Å². The molecule has 0 aliphatic rings. The summed E-state index contributed by atoms with van der Waals surface area (Å²) in [6, 6.07) is 15.5. The van der Waals surface area contributed by atoms with E-state index in [2.05, 4.69) is 10.0 Å². The minimum Gasteiger partial charge on any atom is -0.325 e. The Morgan fingerprint density at radius 2 is 1.83 bits per heavy atom. The van der Waals surface area contributed by atoms with E-state index >= 15 is 0 Å². The van der Waals surface area contributed by atoms with Gasteiger partial charge < -0.3 is 5.32 Å². The average Bonchev–Trinajstić information content (AvgIpc) is 3.22. The molecule has 9 heteroatoms. The molecule has 0 spiro atoms. The van der Waals surface area contributed by atoms with E-state index in [4.69, 9.17) is 11.6 Å². The first-order chi connectivity index (χ1) is 13.8. The van der Waals surface area contributed by atoms with Crippen LogP contribution in [0, 0.1) is 6.92 Å². The Balaban J connectivity index is 1.61. The van der Waals surface area contributed by atoms with Gasteiger partial charge in [-0.2, -0.15) is 0 Å². The quantitative estimate of drug-likeness (QED) is 0.442. The predicted molar refractivity (Wildman–Crippen MR) is 122 cm³/mol. The number of benzene rings is 2. The van der Waals surface area contributed by atoms with E-state index < -0.39 is 10.0 Å². The van der Waals surface area contributed by atoms with Crippen molar-refractivity contribution in [2.24, 2.45) is 0 Å². The highest BCUT2D eigenvalue weighted by molar-refractivity contribution is 8.00. The Morgan fingerprint density at radius 1 is 1.10 bits per heavy atom. The molecule has 1 amide bonds. The number of thioether (sulfide) groups is 1. The van der Waals surface area contributed by atoms with Crippen molar-refractivity contribution in [3.8, 4) is 0 Å². The molecular formula is C20H19ClN2O3S3. The van der Waals surface area contributed by atoms with Crippen LogP contribution in [-0.4, -0.2) is 19.6 Å². The standard InChI is InChI=1S/C20H19ClN2O3S3/c1-13-17(21)5-3-6-18(13)22-20(24)14(2)28-16-10-8-15(9-11-16)23-29(25,26)19-7-4-12-27-19/h3-12,14,23H,1-2H3,(H,22,24). The molecule has 3 aromatic rings. The Bertz CT molecular complexity index is 1100. The van der Waals surface area contributed by atoms with Gasteiger partial charge in [-0.3, -0.25) is 9.52 Å². The molecule has 0 saturated heterocycles. The molecule has 2 N–H and O–H groups in total. The van der Waals surface area contributed by atoms with E-state index in [1.165, 1.54) is 11.8 Å². The summed E-state index contributed by atoms with van der Waals surface area (Å²) in [5, 5.41) is 4.86. The third-order valence-electron chi connectivity index (χ3n) is 4.07. The first kappa shape index (κ1) is 21.7. The Hall–Kier alpha value is -2.00. The van der Waals surface area contributed by atoms with Crippen molar-refractivity contribution >= 4 is 62.0 Å². The maximum Gasteiger partial charge on any atom is 0.271 e. The maximum absolute atomic E-state index is 12.5. The van der Waals surface area contributed by atoms with Crippen LogP contribution in [0.4, 0.5) is 11.4 Å². The number of amides is 1. The van der Waals surface area contributed by atoms with Gasteiger partial charge in [0.2, 0.25) is 5.91 Å². The third kappa shape index (κ3) is 5.54. The molecule has 0 aliphatic carbocycles. The zero-order chi connectivity index (χ0) is 21.0. The Morgan fingerprint density at radius 3 is 2.48 bits per heavy atom. The number of halogens is 1. The number of thiophene rings is 1. The van der Waals surface area contributed by atoms with Crippen molar-refractivity contribution in [2.75, 3.05) is 10.0 Å². The molecule has 5 nitrogen and oxygen atoms in total. The molecule has 0 aliphatic heterocycles. The van der Waals surface area contributed by atoms with Gasteiger partial charge in [-0.25, -0.2) is 8.42 Å². The molecule has 29 heavy (non-hydrogen) atoms. The number of sulfonamides is 1. The van der Waals surface area contributed by atoms with Crippen molar-refractivity contribution in [2.45, 2.75) is 28.2 Å². The van der Waals surface area contributed by atoms with Crippen LogP contribution in [0.25, 0.3) is 0 Å². The topological polar surface area (TPSA) is 75.3 Å². The second-order valence-corrected chi connectivity index (χ2v) is 10.9. The lowest BCUT2D eigenvalue weighted by atomic mass is 10.2. The van der Waals surface area contributed by atoms with Gasteiger partial charge in [0, 0.05) is 21.3 Å². The van der Waals surface area contributed by atoms with Crippen LogP contribution in [0.5, 0.6) is 0 Å². The first-order valence-electron chi connectivity index (χ1n) is 8.65. The fraction of sp³-hybridized carbons (Fsp3) is 0.150. The molecule has 0 radical (unpaired) electrons. The maximum atomic E-state index is 12.5. The summed E-state index contributed by atoms with van der Waals surface area (Å²) in [7, 11) is -3.57. The molecule has 3 rings (SSSR count). The van der Waals surface area contributed by atoms with Gasteiger partial charge in [0.05, 0.1) is 5.25 Å². The molecular weight excluding hydrogens is 448 g/mol. The van der Waals surface area contributed by atoms with Gasteiger partial charge >= 0.3 is 0 Å². The second-order valence-electron chi connectivity index (χ2n) is 6.22. The van der Waals surface area contributed by atoms with Gasteiger partial charge in [-0.05, 0) is 67.3 Å². The summed E-state index contributed by atoms with van der Waals surface area (Å²) in [6.45, 7) is 3.67. The Labute approximate surface area is 183 Å². The molecule has 152 valence electrons. The molecule has 1 atom stereocenters. The molecule has 1 aromatic heterocycles. The molecule has 0 fully saturated rings. The molecule has 1 heterocycles. The number of hydrogen-bond acceptors (Lipinski definition) is 5. The Kier molecular flexibility index (Phi) is 6.89. The summed E-state index contributed by atoms with van der Waals surface area (Å²) in [5.41, 5.74) is 1.98. The van der Waals surface area contributed by atoms with E-state index in [1.807, 2.05) is 19.9 Å². The van der Waals surface area contributed by atoms with Crippen LogP contribution in [0.15, 0.2) is 69.1 Å². The fourth-order valence-electron chi connectivity index (χ4n) is 2.46. The van der Waals surface area contributed by atoms with Crippen LogP contribution < -0.4 is 10.0 Å². The molecule has 1 unspecified atom stereocenters. The van der Waals surface area contributed by atoms with Crippen LogP contribution in [-0.2, 0) is 14.8 Å². The number of carbonyl (C=O) groups is 1. The highest BCUT2D eigenvalue weighted by Gasteiger charge is 2.17. The minimum absolute atomic E-state index is 0.136. The summed E-state index contributed by atoms with van der Waals surface area (Å²) < 4.78 is 27.4. The van der Waals surface area contributed by atoms with Crippen molar-refractivity contribution < 1.29 is 13.2 Å². The number of anilines is 2. The largest absolute Gasteiger partial charge is 0.325 e. The normalized spacial score (nSPS) is 12.4. The lowest BCUT2D eigenvalue weighted by Gasteiger charge is -2.14. The number of nitrogens with one attached hydrogen (secondary N) is 2. The number of rotatable bonds is 7. The van der Waals surface area contributed by atoms with Crippen LogP contribution in [0.2, 0.25) is 5.02 Å². The first-order valence-corrected chi connectivity index (χ1v) is 12.3. The van der Waals surface area contributed by atoms with Gasteiger partial charge in [0.25, 0.3) is 10.0 Å². The van der Waals surface area contributed by atoms with Crippen molar-refractivity contribution in [3.05, 3.63) is 70.6 Å². The lowest BCUT2D eigenvalue weighted by Crippen LogP contribution is -2.22. The second kappa shape index (κ2) is 9.21. The third-order valence-corrected chi connectivity index (χ3v) is 8.37. The van der Waals surface area contributed by atoms with E-state index in [-0.39, 0.29) is 15.4 Å². The summed E-state index contributed by atoms with van der Waals surface area (Å²) in [6.07, 6.45) is 0.